The van der Waals surface area contributed by atoms with Gasteiger partial charge in [0.25, 0.3) is 0 Å². The van der Waals surface area contributed by atoms with E-state index in [2.05, 4.69) is 22.1 Å². The summed E-state index contributed by atoms with van der Waals surface area (Å²) in [6, 6.07) is 10.4. The number of alkyl halides is 3. The van der Waals surface area contributed by atoms with Gasteiger partial charge >= 0.3 is 6.18 Å². The number of H-pyrrole nitrogens is 1. The second kappa shape index (κ2) is 10.5. The Hall–Kier alpha value is -2.83. The first-order chi connectivity index (χ1) is 14.9. The molecule has 3 aromatic rings. The normalized spacial score (nSPS) is 11.6. The predicted molar refractivity (Wildman–Crippen MR) is 116 cm³/mol. The molecular formula is C24H28F3N3O. The molecule has 31 heavy (non-hydrogen) atoms. The van der Waals surface area contributed by atoms with Crippen molar-refractivity contribution in [2.45, 2.75) is 58.5 Å². The van der Waals surface area contributed by atoms with E-state index >= 15 is 0 Å². The highest BCUT2D eigenvalue weighted by Gasteiger charge is 2.34. The molecule has 0 fully saturated rings. The number of ether oxygens (including phenoxy) is 1. The van der Waals surface area contributed by atoms with Crippen molar-refractivity contribution in [2.24, 2.45) is 0 Å². The molecule has 0 spiro atoms. The van der Waals surface area contributed by atoms with Crippen LogP contribution >= 0.6 is 0 Å². The summed E-state index contributed by atoms with van der Waals surface area (Å²) in [6.45, 7) is 4.87. The van der Waals surface area contributed by atoms with E-state index in [0.717, 1.165) is 41.3 Å². The number of aryl methyl sites for hydroxylation is 1. The fraction of sp³-hybridized carbons (Fsp3) is 0.417. The van der Waals surface area contributed by atoms with E-state index in [1.54, 1.807) is 12.3 Å². The lowest BCUT2D eigenvalue weighted by Crippen LogP contribution is -2.04. The van der Waals surface area contributed by atoms with Crippen LogP contribution in [0.5, 0.6) is 5.75 Å². The molecule has 0 unspecified atom stereocenters. The first kappa shape index (κ1) is 22.8. The minimum Gasteiger partial charge on any atom is -0.493 e. The first-order valence-corrected chi connectivity index (χ1v) is 10.7. The second-order valence-electron chi connectivity index (χ2n) is 7.66. The third kappa shape index (κ3) is 6.09. The molecule has 0 saturated carbocycles. The Bertz CT molecular complexity index is 965. The number of unbranched alkanes of at least 4 members (excludes halogenated alkanes) is 5. The van der Waals surface area contributed by atoms with Crippen molar-refractivity contribution >= 4 is 0 Å². The number of rotatable bonds is 10. The molecule has 1 aromatic carbocycles. The van der Waals surface area contributed by atoms with E-state index in [9.17, 15) is 13.2 Å². The predicted octanol–water partition coefficient (Wildman–Crippen LogP) is 7.21. The Labute approximate surface area is 180 Å². The lowest BCUT2D eigenvalue weighted by molar-refractivity contribution is -0.141. The summed E-state index contributed by atoms with van der Waals surface area (Å²) in [5, 5.41) is 5.73. The summed E-state index contributed by atoms with van der Waals surface area (Å²) >= 11 is 0. The van der Waals surface area contributed by atoms with Crippen molar-refractivity contribution in [2.75, 3.05) is 6.61 Å². The molecule has 7 heteroatoms. The number of hydrogen-bond acceptors (Lipinski definition) is 3. The van der Waals surface area contributed by atoms with Gasteiger partial charge in [-0.05, 0) is 37.1 Å². The summed E-state index contributed by atoms with van der Waals surface area (Å²) < 4.78 is 44.4. The Morgan fingerprint density at radius 2 is 1.77 bits per heavy atom. The van der Waals surface area contributed by atoms with E-state index in [-0.39, 0.29) is 5.69 Å². The Balaban J connectivity index is 1.70. The highest BCUT2D eigenvalue weighted by molar-refractivity contribution is 5.74. The van der Waals surface area contributed by atoms with Crippen molar-refractivity contribution in [3.63, 3.8) is 0 Å². The van der Waals surface area contributed by atoms with Crippen molar-refractivity contribution in [3.05, 3.63) is 53.9 Å². The summed E-state index contributed by atoms with van der Waals surface area (Å²) in [7, 11) is 0. The van der Waals surface area contributed by atoms with Crippen LogP contribution in [0.25, 0.3) is 22.5 Å². The van der Waals surface area contributed by atoms with E-state index in [4.69, 9.17) is 4.74 Å². The monoisotopic (exact) mass is 431 g/mol. The molecule has 0 aliphatic rings. The van der Waals surface area contributed by atoms with Crippen LogP contribution in [0.2, 0.25) is 0 Å². The minimum atomic E-state index is -4.49. The molecule has 0 radical (unpaired) electrons. The topological polar surface area (TPSA) is 50.8 Å². The minimum absolute atomic E-state index is 0.225. The van der Waals surface area contributed by atoms with Gasteiger partial charge in [0.15, 0.2) is 5.69 Å². The van der Waals surface area contributed by atoms with E-state index in [1.165, 1.54) is 25.7 Å². The van der Waals surface area contributed by atoms with E-state index < -0.39 is 11.9 Å². The Morgan fingerprint density at radius 3 is 2.45 bits per heavy atom. The van der Waals surface area contributed by atoms with Crippen LogP contribution in [-0.2, 0) is 6.18 Å². The molecule has 0 amide bonds. The fourth-order valence-electron chi connectivity index (χ4n) is 3.49. The van der Waals surface area contributed by atoms with Gasteiger partial charge in [-0.3, -0.25) is 10.1 Å². The average Bonchev–Trinajstić information content (AvgIpc) is 3.24. The molecule has 0 aliphatic carbocycles. The zero-order valence-electron chi connectivity index (χ0n) is 17.9. The lowest BCUT2D eigenvalue weighted by atomic mass is 10.0. The molecule has 4 nitrogen and oxygen atoms in total. The standard InChI is InChI=1S/C24H28F3N3O/c1-3-4-5-6-7-8-14-31-21-11-9-10-17(2)23(21)18-12-13-19(28-16-18)20-15-22(30-29-20)24(25,26)27/h9-13,15-16H,3-8,14H2,1-2H3,(H,29,30). The molecule has 166 valence electrons. The number of aromatic nitrogens is 3. The molecule has 2 heterocycles. The second-order valence-corrected chi connectivity index (χ2v) is 7.66. The summed E-state index contributed by atoms with van der Waals surface area (Å²) in [4.78, 5) is 4.35. The van der Waals surface area contributed by atoms with Gasteiger partial charge in [0.05, 0.1) is 18.0 Å². The average molecular weight is 432 g/mol. The first-order valence-electron chi connectivity index (χ1n) is 10.7. The van der Waals surface area contributed by atoms with Gasteiger partial charge in [0.1, 0.15) is 5.75 Å². The van der Waals surface area contributed by atoms with Gasteiger partial charge in [0.2, 0.25) is 0 Å². The SMILES string of the molecule is CCCCCCCCOc1cccc(C)c1-c1ccc(-c2cc(C(F)(F)F)n[nH]2)nc1. The molecule has 0 atom stereocenters. The van der Waals surface area contributed by atoms with Crippen LogP contribution in [-0.4, -0.2) is 21.8 Å². The number of aromatic amines is 1. The highest BCUT2D eigenvalue weighted by atomic mass is 19.4. The highest BCUT2D eigenvalue weighted by Crippen LogP contribution is 2.34. The lowest BCUT2D eigenvalue weighted by Gasteiger charge is -2.14. The van der Waals surface area contributed by atoms with Gasteiger partial charge < -0.3 is 4.74 Å². The number of pyridine rings is 1. The van der Waals surface area contributed by atoms with Gasteiger partial charge in [-0.1, -0.05) is 57.2 Å². The molecule has 0 saturated heterocycles. The van der Waals surface area contributed by atoms with Gasteiger partial charge in [-0.25, -0.2) is 0 Å². The largest absolute Gasteiger partial charge is 0.493 e. The molecule has 2 aromatic heterocycles. The van der Waals surface area contributed by atoms with Crippen LogP contribution in [0.3, 0.4) is 0 Å². The summed E-state index contributed by atoms with van der Waals surface area (Å²) in [5.74, 6) is 0.795. The summed E-state index contributed by atoms with van der Waals surface area (Å²) in [5.41, 5.74) is 2.52. The zero-order valence-corrected chi connectivity index (χ0v) is 17.9. The van der Waals surface area contributed by atoms with E-state index in [1.807, 2.05) is 31.2 Å². The Kier molecular flexibility index (Phi) is 7.71. The number of nitrogens with one attached hydrogen (secondary N) is 1. The van der Waals surface area contributed by atoms with Crippen LogP contribution in [0.15, 0.2) is 42.6 Å². The van der Waals surface area contributed by atoms with Crippen molar-refractivity contribution in [1.82, 2.24) is 15.2 Å². The van der Waals surface area contributed by atoms with Crippen LogP contribution in [0.4, 0.5) is 13.2 Å². The van der Waals surface area contributed by atoms with Crippen molar-refractivity contribution < 1.29 is 17.9 Å². The smallest absolute Gasteiger partial charge is 0.435 e. The van der Waals surface area contributed by atoms with Crippen molar-refractivity contribution in [3.8, 4) is 28.3 Å². The number of halogens is 3. The van der Waals surface area contributed by atoms with Crippen LogP contribution < -0.4 is 4.74 Å². The molecule has 0 aliphatic heterocycles. The maximum atomic E-state index is 12.8. The number of benzene rings is 1. The molecule has 3 rings (SSSR count). The number of nitrogens with zero attached hydrogens (tertiary/aromatic N) is 2. The number of hydrogen-bond donors (Lipinski definition) is 1. The third-order valence-electron chi connectivity index (χ3n) is 5.19. The molecule has 0 bridgehead atoms. The maximum absolute atomic E-state index is 12.8. The summed E-state index contributed by atoms with van der Waals surface area (Å²) in [6.07, 6.45) is 4.35. The maximum Gasteiger partial charge on any atom is 0.435 e. The van der Waals surface area contributed by atoms with Crippen LogP contribution in [0, 0.1) is 6.92 Å². The molecular weight excluding hydrogens is 403 g/mol. The zero-order chi connectivity index (χ0) is 22.3. The quantitative estimate of drug-likeness (QED) is 0.345. The fourth-order valence-corrected chi connectivity index (χ4v) is 3.49. The van der Waals surface area contributed by atoms with Crippen molar-refractivity contribution in [1.29, 1.82) is 0 Å². The van der Waals surface area contributed by atoms with E-state index in [0.29, 0.717) is 12.3 Å². The molecule has 1 N–H and O–H groups in total. The Morgan fingerprint density at radius 1 is 1.00 bits per heavy atom. The van der Waals surface area contributed by atoms with Crippen LogP contribution in [0.1, 0.15) is 56.7 Å². The van der Waals surface area contributed by atoms with Gasteiger partial charge in [-0.2, -0.15) is 18.3 Å². The van der Waals surface area contributed by atoms with Gasteiger partial charge in [-0.15, -0.1) is 0 Å². The third-order valence-corrected chi connectivity index (χ3v) is 5.19. The van der Waals surface area contributed by atoms with Gasteiger partial charge in [0, 0.05) is 17.3 Å².